The predicted molar refractivity (Wildman–Crippen MR) is 137 cm³/mol. The number of nitrogens with one attached hydrogen (secondary N) is 1. The summed E-state index contributed by atoms with van der Waals surface area (Å²) in [4.78, 5) is 24.2. The lowest BCUT2D eigenvalue weighted by Crippen LogP contribution is -2.51. The van der Waals surface area contributed by atoms with Crippen LogP contribution in [0.4, 0.5) is 19.1 Å². The maximum absolute atomic E-state index is 13.0. The molecule has 3 saturated heterocycles. The minimum atomic E-state index is -4.51. The van der Waals surface area contributed by atoms with Gasteiger partial charge in [0.05, 0.1) is 12.7 Å². The summed E-state index contributed by atoms with van der Waals surface area (Å²) in [5, 5.41) is 3.53. The van der Waals surface area contributed by atoms with Gasteiger partial charge in [0.25, 0.3) is 0 Å². The minimum absolute atomic E-state index is 0.0533. The Morgan fingerprint density at radius 3 is 2.53 bits per heavy atom. The zero-order chi connectivity index (χ0) is 27.4. The van der Waals surface area contributed by atoms with Crippen molar-refractivity contribution in [3.05, 3.63) is 18.0 Å². The van der Waals surface area contributed by atoms with Crippen LogP contribution in [0.15, 0.2) is 12.3 Å². The number of carbonyl (C=O) groups is 1. The molecular weight excluding hydrogens is 503 g/mol. The fraction of sp³-hybridized carbons (Fsp3) is 0.808. The number of rotatable bonds is 9. The molecule has 1 aromatic rings. The van der Waals surface area contributed by atoms with Crippen molar-refractivity contribution in [1.29, 1.82) is 0 Å². The highest BCUT2D eigenvalue weighted by Crippen LogP contribution is 2.28. The van der Waals surface area contributed by atoms with Crippen molar-refractivity contribution < 1.29 is 32.2 Å². The van der Waals surface area contributed by atoms with Crippen molar-refractivity contribution in [3.63, 3.8) is 0 Å². The van der Waals surface area contributed by atoms with Crippen LogP contribution in [0.2, 0.25) is 0 Å². The number of ether oxygens (including phenoxy) is 3. The number of anilines is 1. The quantitative estimate of drug-likeness (QED) is 0.474. The Balaban J connectivity index is 0.000000715. The number of halogens is 3. The number of nitrogens with zero attached hydrogens (tertiary/aromatic N) is 4. The van der Waals surface area contributed by atoms with Crippen LogP contribution in [0.1, 0.15) is 51.1 Å². The summed E-state index contributed by atoms with van der Waals surface area (Å²) in [7, 11) is 1.69. The summed E-state index contributed by atoms with van der Waals surface area (Å²) in [5.74, 6) is 0.108. The number of alkyl halides is 3. The van der Waals surface area contributed by atoms with Gasteiger partial charge < -0.3 is 29.3 Å². The van der Waals surface area contributed by atoms with Crippen LogP contribution < -0.4 is 10.2 Å². The molecule has 0 aromatic carbocycles. The van der Waals surface area contributed by atoms with Crippen molar-refractivity contribution in [3.8, 4) is 0 Å². The first-order valence-electron chi connectivity index (χ1n) is 13.7. The largest absolute Gasteiger partial charge is 0.433 e. The molecule has 0 radical (unpaired) electrons. The monoisotopic (exact) mass is 545 g/mol. The second kappa shape index (κ2) is 15.5. The van der Waals surface area contributed by atoms with Gasteiger partial charge in [-0.05, 0) is 51.1 Å². The van der Waals surface area contributed by atoms with Crippen molar-refractivity contribution in [2.45, 2.75) is 63.8 Å². The highest BCUT2D eigenvalue weighted by molar-refractivity contribution is 5.79. The van der Waals surface area contributed by atoms with E-state index in [4.69, 9.17) is 14.2 Å². The summed E-state index contributed by atoms with van der Waals surface area (Å²) in [6, 6.07) is 1.13. The minimum Gasteiger partial charge on any atom is -0.381 e. The molecule has 3 unspecified atom stereocenters. The lowest BCUT2D eigenvalue weighted by molar-refractivity contribution is -0.141. The van der Waals surface area contributed by atoms with Gasteiger partial charge in [-0.1, -0.05) is 6.92 Å². The van der Waals surface area contributed by atoms with Gasteiger partial charge in [-0.15, -0.1) is 0 Å². The summed E-state index contributed by atoms with van der Waals surface area (Å²) in [6.45, 7) is 7.87. The molecule has 12 heteroatoms. The Kier molecular flexibility index (Phi) is 12.5. The molecule has 3 atom stereocenters. The molecule has 1 N–H and O–H groups in total. The fourth-order valence-corrected chi connectivity index (χ4v) is 4.87. The average Bonchev–Trinajstić information content (AvgIpc) is 3.53. The van der Waals surface area contributed by atoms with Crippen LogP contribution in [0.5, 0.6) is 0 Å². The van der Waals surface area contributed by atoms with Gasteiger partial charge in [-0.2, -0.15) is 13.2 Å². The van der Waals surface area contributed by atoms with Crippen LogP contribution in [-0.4, -0.2) is 99.2 Å². The second-order valence-electron chi connectivity index (χ2n) is 9.82. The topological polar surface area (TPSA) is 89.0 Å². The maximum atomic E-state index is 13.0. The summed E-state index contributed by atoms with van der Waals surface area (Å²) >= 11 is 0. The van der Waals surface area contributed by atoms with E-state index in [1.807, 2.05) is 11.8 Å². The van der Waals surface area contributed by atoms with Crippen molar-refractivity contribution in [2.24, 2.45) is 5.92 Å². The molecule has 4 heterocycles. The third-order valence-electron chi connectivity index (χ3n) is 7.22. The molecule has 3 aliphatic rings. The number of piperazine rings is 1. The molecule has 3 aliphatic heterocycles. The molecule has 216 valence electrons. The smallest absolute Gasteiger partial charge is 0.381 e. The van der Waals surface area contributed by atoms with E-state index in [1.54, 1.807) is 12.0 Å². The first-order chi connectivity index (χ1) is 18.3. The third kappa shape index (κ3) is 9.32. The zero-order valence-corrected chi connectivity index (χ0v) is 22.5. The van der Waals surface area contributed by atoms with E-state index in [0.29, 0.717) is 32.8 Å². The van der Waals surface area contributed by atoms with Gasteiger partial charge in [0, 0.05) is 71.3 Å². The van der Waals surface area contributed by atoms with E-state index in [1.165, 1.54) is 12.8 Å². The van der Waals surface area contributed by atoms with Crippen molar-refractivity contribution >= 4 is 11.9 Å². The van der Waals surface area contributed by atoms with Crippen molar-refractivity contribution in [1.82, 2.24) is 20.2 Å². The van der Waals surface area contributed by atoms with Gasteiger partial charge in [-0.3, -0.25) is 4.79 Å². The van der Waals surface area contributed by atoms with E-state index in [0.717, 1.165) is 64.3 Å². The molecule has 0 bridgehead atoms. The summed E-state index contributed by atoms with van der Waals surface area (Å²) < 4.78 is 54.6. The standard InChI is InChI=1S/C22H34F3N5O3.C4H8O/c1-3-16(5-4-8-26-17-7-14-33-15-18(17)32-2)20(31)29-10-12-30(13-11-29)21-27-9-6-19(28-21)22(23,24)25;1-2-4-5-3-1/h6,9,16-18,26H,3-5,7-8,10-15H2,1-2H3;1-4H2. The number of amides is 1. The van der Waals surface area contributed by atoms with Crippen LogP contribution in [-0.2, 0) is 25.2 Å². The van der Waals surface area contributed by atoms with Gasteiger partial charge in [0.15, 0.2) is 0 Å². The highest BCUT2D eigenvalue weighted by Gasteiger charge is 2.34. The Labute approximate surface area is 223 Å². The van der Waals surface area contributed by atoms with Crippen LogP contribution in [0.3, 0.4) is 0 Å². The molecule has 1 aromatic heterocycles. The number of hydrogen-bond donors (Lipinski definition) is 1. The molecule has 1 amide bonds. The number of aromatic nitrogens is 2. The number of methoxy groups -OCH3 is 1. The summed E-state index contributed by atoms with van der Waals surface area (Å²) in [5.41, 5.74) is -0.955. The SMILES string of the molecule is C1CCOC1.CCC(CCCNC1CCOCC1OC)C(=O)N1CCN(c2nccc(C(F)(F)F)n2)CC1. The molecule has 0 aliphatic carbocycles. The lowest BCUT2D eigenvalue weighted by atomic mass is 9.97. The Bertz CT molecular complexity index is 828. The summed E-state index contributed by atoms with van der Waals surface area (Å²) in [6.07, 6.45) is 2.57. The maximum Gasteiger partial charge on any atom is 0.433 e. The van der Waals surface area contributed by atoms with Gasteiger partial charge in [-0.25, -0.2) is 9.97 Å². The molecule has 0 spiro atoms. The molecule has 9 nitrogen and oxygen atoms in total. The first kappa shape index (κ1) is 30.5. The second-order valence-corrected chi connectivity index (χ2v) is 9.82. The van der Waals surface area contributed by atoms with Gasteiger partial charge >= 0.3 is 6.18 Å². The van der Waals surface area contributed by atoms with Crippen LogP contribution >= 0.6 is 0 Å². The van der Waals surface area contributed by atoms with E-state index in [2.05, 4.69) is 15.3 Å². The van der Waals surface area contributed by atoms with Gasteiger partial charge in [0.2, 0.25) is 11.9 Å². The lowest BCUT2D eigenvalue weighted by Gasteiger charge is -2.36. The van der Waals surface area contributed by atoms with Crippen LogP contribution in [0.25, 0.3) is 0 Å². The van der Waals surface area contributed by atoms with E-state index in [-0.39, 0.29) is 29.9 Å². The average molecular weight is 546 g/mol. The zero-order valence-electron chi connectivity index (χ0n) is 22.5. The van der Waals surface area contributed by atoms with Crippen molar-refractivity contribution in [2.75, 3.05) is 71.2 Å². The Morgan fingerprint density at radius 1 is 1.18 bits per heavy atom. The Morgan fingerprint density at radius 2 is 1.92 bits per heavy atom. The third-order valence-corrected chi connectivity index (χ3v) is 7.22. The normalized spacial score (nSPS) is 23.1. The predicted octanol–water partition coefficient (Wildman–Crippen LogP) is 3.14. The van der Waals surface area contributed by atoms with E-state index in [9.17, 15) is 18.0 Å². The first-order valence-corrected chi connectivity index (χ1v) is 13.7. The molecule has 3 fully saturated rings. The highest BCUT2D eigenvalue weighted by atomic mass is 19.4. The fourth-order valence-electron chi connectivity index (χ4n) is 4.87. The molecule has 38 heavy (non-hydrogen) atoms. The van der Waals surface area contributed by atoms with E-state index < -0.39 is 11.9 Å². The number of carbonyl (C=O) groups excluding carboxylic acids is 1. The Hall–Kier alpha value is -2.02. The molecule has 0 saturated carbocycles. The molecular formula is C26H42F3N5O4. The van der Waals surface area contributed by atoms with Gasteiger partial charge in [0.1, 0.15) is 5.69 Å². The number of hydrogen-bond acceptors (Lipinski definition) is 8. The van der Waals surface area contributed by atoms with Crippen LogP contribution in [0, 0.1) is 5.92 Å². The molecule has 4 rings (SSSR count). The van der Waals surface area contributed by atoms with E-state index >= 15 is 0 Å².